The van der Waals surface area contributed by atoms with Crippen LogP contribution >= 0.6 is 23.2 Å². The highest BCUT2D eigenvalue weighted by Crippen LogP contribution is 2.41. The summed E-state index contributed by atoms with van der Waals surface area (Å²) in [5, 5.41) is 14.8. The highest BCUT2D eigenvalue weighted by atomic mass is 35.5. The lowest BCUT2D eigenvalue weighted by molar-refractivity contribution is -0.147. The molecule has 0 unspecified atom stereocenters. The van der Waals surface area contributed by atoms with Gasteiger partial charge in [0.1, 0.15) is 11.1 Å². The predicted molar refractivity (Wildman–Crippen MR) is 174 cm³/mol. The fraction of sp³-hybridized carbons (Fsp3) is 0.250. The molecule has 0 fully saturated rings. The van der Waals surface area contributed by atoms with E-state index in [1.165, 1.54) is 7.11 Å². The van der Waals surface area contributed by atoms with Crippen molar-refractivity contribution >= 4 is 63.3 Å². The summed E-state index contributed by atoms with van der Waals surface area (Å²) in [5.41, 5.74) is 3.77. The number of benzene rings is 2. The van der Waals surface area contributed by atoms with Gasteiger partial charge in [-0.25, -0.2) is 9.97 Å². The summed E-state index contributed by atoms with van der Waals surface area (Å²) in [6.07, 6.45) is 6.51. The Bertz CT molecular complexity index is 1920. The maximum atomic E-state index is 13.4. The number of rotatable bonds is 8. The number of aryl methyl sites for hydroxylation is 1. The number of hydrogen-bond donors (Lipinski definition) is 3. The minimum atomic E-state index is -0.907. The molecule has 3 N–H and O–H groups in total. The third-order valence-corrected chi connectivity index (χ3v) is 8.48. The number of nitrogens with one attached hydrogen (secondary N) is 3. The van der Waals surface area contributed by atoms with Crippen LogP contribution in [0.3, 0.4) is 0 Å². The Balaban J connectivity index is 1.24. The number of amides is 1. The van der Waals surface area contributed by atoms with Crippen molar-refractivity contribution in [2.24, 2.45) is 0 Å². The quantitative estimate of drug-likeness (QED) is 0.160. The van der Waals surface area contributed by atoms with E-state index in [9.17, 15) is 9.59 Å². The molecule has 0 spiro atoms. The first kappa shape index (κ1) is 30.4. The molecule has 1 amide bonds. The SMILES string of the molecule is COC(=O)C(C)(C)N[C@@H]1CCCn2nc(C(=O)Nc3cccc(-c4cccc(Nc5nccc6nccnc56)c4Cl)c3Cl)cc21. The molecule has 1 aliphatic heterocycles. The van der Waals surface area contributed by atoms with Gasteiger partial charge in [-0.05, 0) is 51.0 Å². The molecule has 3 aromatic heterocycles. The zero-order valence-corrected chi connectivity index (χ0v) is 26.3. The number of hydrogen-bond acceptors (Lipinski definition) is 9. The lowest BCUT2D eigenvalue weighted by Crippen LogP contribution is -2.50. The molecule has 4 heterocycles. The third-order valence-electron chi connectivity index (χ3n) is 7.67. The van der Waals surface area contributed by atoms with Gasteiger partial charge in [-0.3, -0.25) is 24.6 Å². The summed E-state index contributed by atoms with van der Waals surface area (Å²) in [5.74, 6) is -0.264. The summed E-state index contributed by atoms with van der Waals surface area (Å²) in [7, 11) is 1.36. The second kappa shape index (κ2) is 12.4. The average molecular weight is 646 g/mol. The Morgan fingerprint density at radius 3 is 2.42 bits per heavy atom. The van der Waals surface area contributed by atoms with Gasteiger partial charge in [-0.15, -0.1) is 0 Å². The predicted octanol–water partition coefficient (Wildman–Crippen LogP) is 6.57. The zero-order chi connectivity index (χ0) is 31.7. The van der Waals surface area contributed by atoms with Crippen molar-refractivity contribution in [1.82, 2.24) is 30.0 Å². The molecule has 230 valence electrons. The smallest absolute Gasteiger partial charge is 0.325 e. The Hall–Kier alpha value is -4.58. The van der Waals surface area contributed by atoms with Crippen molar-refractivity contribution in [3.8, 4) is 11.1 Å². The largest absolute Gasteiger partial charge is 0.468 e. The molecule has 6 rings (SSSR count). The Morgan fingerprint density at radius 2 is 1.67 bits per heavy atom. The third kappa shape index (κ3) is 6.06. The Morgan fingerprint density at radius 1 is 0.956 bits per heavy atom. The lowest BCUT2D eigenvalue weighted by Gasteiger charge is -2.32. The van der Waals surface area contributed by atoms with Gasteiger partial charge < -0.3 is 15.4 Å². The van der Waals surface area contributed by atoms with Gasteiger partial charge in [-0.1, -0.05) is 47.5 Å². The Kier molecular flexibility index (Phi) is 8.41. The molecule has 2 aromatic carbocycles. The average Bonchev–Trinajstić information content (AvgIpc) is 3.49. The van der Waals surface area contributed by atoms with Gasteiger partial charge >= 0.3 is 5.97 Å². The number of fused-ring (bicyclic) bond motifs is 2. The van der Waals surface area contributed by atoms with Crippen molar-refractivity contribution < 1.29 is 14.3 Å². The zero-order valence-electron chi connectivity index (χ0n) is 24.8. The summed E-state index contributed by atoms with van der Waals surface area (Å²) < 4.78 is 6.74. The van der Waals surface area contributed by atoms with Crippen LogP contribution in [0.25, 0.3) is 22.2 Å². The second-order valence-corrected chi connectivity index (χ2v) is 11.9. The van der Waals surface area contributed by atoms with Crippen LogP contribution in [0.5, 0.6) is 0 Å². The Labute approximate surface area is 269 Å². The van der Waals surface area contributed by atoms with Crippen LogP contribution in [0.1, 0.15) is 48.9 Å². The molecule has 0 aliphatic carbocycles. The van der Waals surface area contributed by atoms with Gasteiger partial charge in [0.25, 0.3) is 5.91 Å². The van der Waals surface area contributed by atoms with E-state index in [1.54, 1.807) is 61.4 Å². The monoisotopic (exact) mass is 644 g/mol. The number of anilines is 3. The number of aromatic nitrogens is 5. The normalized spacial score (nSPS) is 14.6. The van der Waals surface area contributed by atoms with E-state index >= 15 is 0 Å². The molecular weight excluding hydrogens is 615 g/mol. The maximum absolute atomic E-state index is 13.4. The molecular formula is C32H30Cl2N8O3. The van der Waals surface area contributed by atoms with Crippen molar-refractivity contribution in [2.45, 2.75) is 44.8 Å². The van der Waals surface area contributed by atoms with Gasteiger partial charge in [0.05, 0.1) is 45.8 Å². The number of carbonyl (C=O) groups excluding carboxylic acids is 2. The van der Waals surface area contributed by atoms with Crippen LogP contribution in [-0.2, 0) is 16.1 Å². The molecule has 1 aliphatic rings. The van der Waals surface area contributed by atoms with Crippen molar-refractivity contribution in [3.05, 3.63) is 88.6 Å². The first-order chi connectivity index (χ1) is 21.7. The van der Waals surface area contributed by atoms with Gasteiger partial charge in [0, 0.05) is 36.3 Å². The van der Waals surface area contributed by atoms with Gasteiger partial charge in [0.15, 0.2) is 11.5 Å². The fourth-order valence-corrected chi connectivity index (χ4v) is 6.02. The number of methoxy groups -OCH3 is 1. The highest BCUT2D eigenvalue weighted by Gasteiger charge is 2.34. The minimum absolute atomic E-state index is 0.173. The molecule has 0 bridgehead atoms. The van der Waals surface area contributed by atoms with E-state index in [4.69, 9.17) is 27.9 Å². The number of nitrogens with zero attached hydrogens (tertiary/aromatic N) is 5. The van der Waals surface area contributed by atoms with E-state index in [-0.39, 0.29) is 17.7 Å². The molecule has 0 saturated carbocycles. The van der Waals surface area contributed by atoms with Crippen LogP contribution < -0.4 is 16.0 Å². The van der Waals surface area contributed by atoms with Crippen LogP contribution in [0, 0.1) is 0 Å². The fourth-order valence-electron chi connectivity index (χ4n) is 5.47. The summed E-state index contributed by atoms with van der Waals surface area (Å²) in [6.45, 7) is 4.20. The minimum Gasteiger partial charge on any atom is -0.468 e. The molecule has 0 radical (unpaired) electrons. The summed E-state index contributed by atoms with van der Waals surface area (Å²) >= 11 is 13.8. The van der Waals surface area contributed by atoms with E-state index < -0.39 is 11.4 Å². The van der Waals surface area contributed by atoms with E-state index in [2.05, 4.69) is 36.0 Å². The number of pyridine rings is 1. The van der Waals surface area contributed by atoms with Crippen molar-refractivity contribution in [1.29, 1.82) is 0 Å². The van der Waals surface area contributed by atoms with Crippen LogP contribution in [0.15, 0.2) is 67.1 Å². The van der Waals surface area contributed by atoms with Crippen LogP contribution in [0.2, 0.25) is 10.0 Å². The van der Waals surface area contributed by atoms with E-state index in [1.807, 2.05) is 24.3 Å². The van der Waals surface area contributed by atoms with Gasteiger partial charge in [0.2, 0.25) is 0 Å². The first-order valence-electron chi connectivity index (χ1n) is 14.3. The van der Waals surface area contributed by atoms with Crippen LogP contribution in [-0.4, -0.2) is 49.3 Å². The maximum Gasteiger partial charge on any atom is 0.325 e. The van der Waals surface area contributed by atoms with Gasteiger partial charge in [-0.2, -0.15) is 5.10 Å². The molecule has 11 nitrogen and oxygen atoms in total. The van der Waals surface area contributed by atoms with Crippen molar-refractivity contribution in [2.75, 3.05) is 17.7 Å². The number of halogens is 2. The molecule has 1 atom stereocenters. The first-order valence-corrected chi connectivity index (χ1v) is 15.1. The molecule has 0 saturated heterocycles. The van der Waals surface area contributed by atoms with E-state index in [0.29, 0.717) is 55.9 Å². The summed E-state index contributed by atoms with van der Waals surface area (Å²) in [4.78, 5) is 38.8. The topological polar surface area (TPSA) is 136 Å². The van der Waals surface area contributed by atoms with E-state index in [0.717, 1.165) is 18.5 Å². The van der Waals surface area contributed by atoms with Crippen LogP contribution in [0.4, 0.5) is 17.2 Å². The lowest BCUT2D eigenvalue weighted by atomic mass is 9.98. The highest BCUT2D eigenvalue weighted by molar-refractivity contribution is 6.39. The number of carbonyl (C=O) groups is 2. The number of esters is 1. The number of ether oxygens (including phenoxy) is 1. The second-order valence-electron chi connectivity index (χ2n) is 11.1. The summed E-state index contributed by atoms with van der Waals surface area (Å²) in [6, 6.07) is 14.2. The molecule has 5 aromatic rings. The standard InChI is InChI=1S/C32H30Cl2N8O3/c1-32(2,31(44)45-3)40-20-11-6-16-42-25(20)17-24(41-42)30(43)39-22-10-5-8-19(27(22)34)18-7-4-9-21(26(18)33)38-29-28-23(12-13-37-29)35-14-15-36-28/h4-5,7-10,12-15,17,20,40H,6,11,16H2,1-3H3,(H,37,38)(H,39,43)/t20-/m1/s1. The van der Waals surface area contributed by atoms with Crippen molar-refractivity contribution in [3.63, 3.8) is 0 Å². The molecule has 45 heavy (non-hydrogen) atoms. The molecule has 13 heteroatoms.